The number of rotatable bonds is 7. The number of nitrogens with one attached hydrogen (secondary N) is 1. The fourth-order valence-electron chi connectivity index (χ4n) is 2.24. The van der Waals surface area contributed by atoms with Crippen LogP contribution < -0.4 is 5.32 Å². The van der Waals surface area contributed by atoms with Gasteiger partial charge in [0.05, 0.1) is 31.3 Å². The molecule has 3 aromatic rings. The summed E-state index contributed by atoms with van der Waals surface area (Å²) in [7, 11) is 0. The number of halogens is 2. The largest absolute Gasteiger partial charge is 0.481 e. The van der Waals surface area contributed by atoms with E-state index in [1.165, 1.54) is 28.1 Å². The number of hydrogen-bond acceptors (Lipinski definition) is 5. The molecule has 1 amide bonds. The molecule has 0 radical (unpaired) electrons. The van der Waals surface area contributed by atoms with Crippen LogP contribution in [0.15, 0.2) is 36.9 Å². The zero-order valence-electron chi connectivity index (χ0n) is 13.8. The molecule has 3 rings (SSSR count). The number of benzene rings is 1. The fraction of sp³-hybridized carbons (Fsp3) is 0.188. The molecule has 140 valence electrons. The van der Waals surface area contributed by atoms with Crippen molar-refractivity contribution in [1.29, 1.82) is 0 Å². The molecule has 0 fully saturated rings. The minimum atomic E-state index is -0.938. The summed E-state index contributed by atoms with van der Waals surface area (Å²) in [6, 6.07) is 5.15. The van der Waals surface area contributed by atoms with Crippen LogP contribution in [0.25, 0.3) is 0 Å². The van der Waals surface area contributed by atoms with Gasteiger partial charge in [-0.3, -0.25) is 19.6 Å². The second kappa shape index (κ2) is 8.19. The summed E-state index contributed by atoms with van der Waals surface area (Å²) < 4.78 is 2.92. The molecule has 0 saturated carbocycles. The summed E-state index contributed by atoms with van der Waals surface area (Å²) >= 11 is 12.0. The Balaban J connectivity index is 1.61. The maximum atomic E-state index is 12.2. The number of anilines is 1. The Hall–Kier alpha value is -2.91. The molecular formula is C16H14Cl2N6O3. The molecule has 0 aliphatic heterocycles. The maximum absolute atomic E-state index is 12.2. The lowest BCUT2D eigenvalue weighted by Crippen LogP contribution is -2.13. The third-order valence-electron chi connectivity index (χ3n) is 3.56. The Kier molecular flexibility index (Phi) is 5.72. The average Bonchev–Trinajstić information content (AvgIpc) is 3.25. The van der Waals surface area contributed by atoms with Crippen molar-refractivity contribution >= 4 is 41.0 Å². The highest BCUT2D eigenvalue weighted by Crippen LogP contribution is 2.21. The van der Waals surface area contributed by atoms with Gasteiger partial charge in [0.25, 0.3) is 5.91 Å². The van der Waals surface area contributed by atoms with E-state index < -0.39 is 11.9 Å². The van der Waals surface area contributed by atoms with Gasteiger partial charge >= 0.3 is 5.97 Å². The summed E-state index contributed by atoms with van der Waals surface area (Å²) in [5.41, 5.74) is 1.08. The number of amides is 1. The number of aromatic nitrogens is 5. The van der Waals surface area contributed by atoms with Gasteiger partial charge in [0, 0.05) is 16.2 Å². The van der Waals surface area contributed by atoms with Gasteiger partial charge in [0.1, 0.15) is 6.33 Å². The van der Waals surface area contributed by atoms with Gasteiger partial charge in [0.2, 0.25) is 5.95 Å². The Morgan fingerprint density at radius 2 is 2.04 bits per heavy atom. The molecule has 0 atom stereocenters. The van der Waals surface area contributed by atoms with E-state index in [9.17, 15) is 9.59 Å². The van der Waals surface area contributed by atoms with Crippen molar-refractivity contribution in [2.75, 3.05) is 5.32 Å². The highest BCUT2D eigenvalue weighted by molar-refractivity contribution is 6.35. The van der Waals surface area contributed by atoms with E-state index in [0.717, 1.165) is 5.56 Å². The van der Waals surface area contributed by atoms with Crippen LogP contribution in [-0.4, -0.2) is 41.5 Å². The van der Waals surface area contributed by atoms with E-state index in [-0.39, 0.29) is 24.5 Å². The lowest BCUT2D eigenvalue weighted by molar-refractivity contribution is -0.137. The van der Waals surface area contributed by atoms with Crippen molar-refractivity contribution < 1.29 is 14.7 Å². The first-order chi connectivity index (χ1) is 12.9. The standard InChI is InChI=1S/C16H14Cl2N6O3/c17-12-2-1-10(13(18)5-12)7-24-9-19-16(22-24)21-15(27)11-6-20-23(8-11)4-3-14(25)26/h1-2,5-6,8-9H,3-4,7H2,(H,25,26)(H,21,22,27). The zero-order valence-corrected chi connectivity index (χ0v) is 15.4. The van der Waals surface area contributed by atoms with Crippen molar-refractivity contribution in [2.45, 2.75) is 19.5 Å². The second-order valence-electron chi connectivity index (χ2n) is 5.59. The lowest BCUT2D eigenvalue weighted by Gasteiger charge is -2.04. The summed E-state index contributed by atoms with van der Waals surface area (Å²) in [4.78, 5) is 26.8. The highest BCUT2D eigenvalue weighted by Gasteiger charge is 2.12. The number of carboxylic acid groups (broad SMARTS) is 1. The van der Waals surface area contributed by atoms with Crippen molar-refractivity contribution in [3.63, 3.8) is 0 Å². The van der Waals surface area contributed by atoms with E-state index in [4.69, 9.17) is 28.3 Å². The molecule has 11 heteroatoms. The molecule has 0 unspecified atom stereocenters. The summed E-state index contributed by atoms with van der Waals surface area (Å²) in [5.74, 6) is -1.26. The van der Waals surface area contributed by atoms with E-state index in [1.54, 1.807) is 18.2 Å². The monoisotopic (exact) mass is 408 g/mol. The number of carboxylic acids is 1. The van der Waals surface area contributed by atoms with Crippen LogP contribution >= 0.6 is 23.2 Å². The molecular weight excluding hydrogens is 395 g/mol. The van der Waals surface area contributed by atoms with E-state index in [2.05, 4.69) is 20.5 Å². The predicted molar refractivity (Wildman–Crippen MR) is 98.0 cm³/mol. The molecule has 0 aliphatic rings. The minimum absolute atomic E-state index is 0.0814. The van der Waals surface area contributed by atoms with Crippen molar-refractivity contribution in [2.24, 2.45) is 0 Å². The lowest BCUT2D eigenvalue weighted by atomic mass is 10.2. The normalized spacial score (nSPS) is 10.7. The molecule has 2 heterocycles. The van der Waals surface area contributed by atoms with Crippen LogP contribution in [0.2, 0.25) is 10.0 Å². The van der Waals surface area contributed by atoms with Crippen LogP contribution in [0.5, 0.6) is 0 Å². The average molecular weight is 409 g/mol. The second-order valence-corrected chi connectivity index (χ2v) is 6.44. The Morgan fingerprint density at radius 3 is 2.78 bits per heavy atom. The van der Waals surface area contributed by atoms with Crippen molar-refractivity contribution in [3.8, 4) is 0 Å². The fourth-order valence-corrected chi connectivity index (χ4v) is 2.71. The van der Waals surface area contributed by atoms with Gasteiger partial charge in [-0.05, 0) is 17.7 Å². The van der Waals surface area contributed by atoms with Crippen LogP contribution in [0.3, 0.4) is 0 Å². The Bertz CT molecular complexity index is 984. The highest BCUT2D eigenvalue weighted by atomic mass is 35.5. The zero-order chi connectivity index (χ0) is 19.4. The van der Waals surface area contributed by atoms with Gasteiger partial charge in [0.15, 0.2) is 0 Å². The minimum Gasteiger partial charge on any atom is -0.481 e. The Labute approximate surface area is 163 Å². The number of carbonyl (C=O) groups is 2. The topological polar surface area (TPSA) is 115 Å². The summed E-state index contributed by atoms with van der Waals surface area (Å²) in [6.07, 6.45) is 4.20. The van der Waals surface area contributed by atoms with Gasteiger partial charge in [-0.1, -0.05) is 29.3 Å². The first-order valence-corrected chi connectivity index (χ1v) is 8.55. The molecule has 0 aliphatic carbocycles. The SMILES string of the molecule is O=C(O)CCn1cc(C(=O)Nc2ncn(Cc3ccc(Cl)cc3Cl)n2)cn1. The molecule has 0 spiro atoms. The molecule has 2 N–H and O–H groups in total. The molecule has 2 aromatic heterocycles. The van der Waals surface area contributed by atoms with Crippen LogP contribution in [0.4, 0.5) is 5.95 Å². The molecule has 1 aromatic carbocycles. The van der Waals surface area contributed by atoms with E-state index in [1.807, 2.05) is 0 Å². The van der Waals surface area contributed by atoms with Crippen LogP contribution in [0.1, 0.15) is 22.3 Å². The van der Waals surface area contributed by atoms with Gasteiger partial charge in [-0.15, -0.1) is 5.10 Å². The van der Waals surface area contributed by atoms with Gasteiger partial charge < -0.3 is 5.11 Å². The molecule has 0 saturated heterocycles. The molecule has 9 nitrogen and oxygen atoms in total. The molecule has 0 bridgehead atoms. The number of hydrogen-bond donors (Lipinski definition) is 2. The quantitative estimate of drug-likeness (QED) is 0.620. The van der Waals surface area contributed by atoms with Crippen molar-refractivity contribution in [1.82, 2.24) is 24.5 Å². The molecule has 27 heavy (non-hydrogen) atoms. The third kappa shape index (κ3) is 5.05. The third-order valence-corrected chi connectivity index (χ3v) is 4.15. The van der Waals surface area contributed by atoms with Crippen LogP contribution in [0, 0.1) is 0 Å². The van der Waals surface area contributed by atoms with Gasteiger partial charge in [-0.2, -0.15) is 5.10 Å². The summed E-state index contributed by atoms with van der Waals surface area (Å²) in [5, 5.41) is 20.4. The number of aryl methyl sites for hydroxylation is 1. The maximum Gasteiger partial charge on any atom is 0.305 e. The number of carbonyl (C=O) groups excluding carboxylic acids is 1. The first-order valence-electron chi connectivity index (χ1n) is 7.79. The van der Waals surface area contributed by atoms with E-state index >= 15 is 0 Å². The predicted octanol–water partition coefficient (Wildman–Crippen LogP) is 2.56. The smallest absolute Gasteiger partial charge is 0.305 e. The Morgan fingerprint density at radius 1 is 1.22 bits per heavy atom. The van der Waals surface area contributed by atoms with Crippen LogP contribution in [-0.2, 0) is 17.9 Å². The first kappa shape index (κ1) is 18.9. The van der Waals surface area contributed by atoms with Crippen molar-refractivity contribution in [3.05, 3.63) is 58.1 Å². The number of aliphatic carboxylic acids is 1. The summed E-state index contributed by atoms with van der Waals surface area (Å²) in [6.45, 7) is 0.545. The van der Waals surface area contributed by atoms with E-state index in [0.29, 0.717) is 16.6 Å². The van der Waals surface area contributed by atoms with Gasteiger partial charge in [-0.25, -0.2) is 9.67 Å². The number of nitrogens with zero attached hydrogens (tertiary/aromatic N) is 5.